The monoisotopic (exact) mass is 642 g/mol. The first-order valence-electron chi connectivity index (χ1n) is 14.1. The first-order chi connectivity index (χ1) is 21.7. The number of aromatic nitrogens is 6. The molecule has 0 aliphatic heterocycles. The molecule has 0 amide bonds. The third kappa shape index (κ3) is 9.43. The van der Waals surface area contributed by atoms with Crippen LogP contribution in [0.2, 0.25) is 5.15 Å². The summed E-state index contributed by atoms with van der Waals surface area (Å²) in [5, 5.41) is 33.5. The number of ether oxygens (including phenoxy) is 1. The fourth-order valence-corrected chi connectivity index (χ4v) is 4.91. The lowest BCUT2D eigenvalue weighted by molar-refractivity contribution is -0.790. The normalized spacial score (nSPS) is 11.6. The van der Waals surface area contributed by atoms with Gasteiger partial charge in [-0.2, -0.15) is 5.21 Å². The minimum absolute atomic E-state index is 0.0284. The van der Waals surface area contributed by atoms with Gasteiger partial charge in [0.1, 0.15) is 25.1 Å². The highest BCUT2D eigenvalue weighted by Crippen LogP contribution is 2.30. The van der Waals surface area contributed by atoms with Crippen molar-refractivity contribution in [3.8, 4) is 22.5 Å². The minimum Gasteiger partial charge on any atom is -0.459 e. The Morgan fingerprint density at radius 2 is 1.82 bits per heavy atom. The smallest absolute Gasteiger partial charge is 0.306 e. The number of unbranched alkanes of at least 4 members (excludes halogenated alkanes) is 1. The van der Waals surface area contributed by atoms with Crippen molar-refractivity contribution < 1.29 is 29.4 Å². The Kier molecular flexibility index (Phi) is 11.7. The Morgan fingerprint density at radius 3 is 2.49 bits per heavy atom. The van der Waals surface area contributed by atoms with E-state index < -0.39 is 28.9 Å². The molecule has 1 atom stereocenters. The molecule has 4 aromatic rings. The molecule has 45 heavy (non-hydrogen) atoms. The Bertz CT molecular complexity index is 1580. The van der Waals surface area contributed by atoms with Crippen molar-refractivity contribution >= 4 is 17.6 Å². The number of rotatable bonds is 18. The van der Waals surface area contributed by atoms with Crippen molar-refractivity contribution in [3.05, 3.63) is 91.0 Å². The van der Waals surface area contributed by atoms with Crippen LogP contribution in [0.4, 0.5) is 0 Å². The van der Waals surface area contributed by atoms with Crippen LogP contribution in [0.5, 0.6) is 0 Å². The summed E-state index contributed by atoms with van der Waals surface area (Å²) < 4.78 is 7.42. The number of nitrogens with one attached hydrogen (secondary N) is 1. The molecule has 0 bridgehead atoms. The van der Waals surface area contributed by atoms with Gasteiger partial charge in [-0.05, 0) is 41.2 Å². The van der Waals surface area contributed by atoms with Gasteiger partial charge in [0.25, 0.3) is 10.2 Å². The minimum atomic E-state index is -1.20. The maximum Gasteiger partial charge on any atom is 0.306 e. The third-order valence-electron chi connectivity index (χ3n) is 6.85. The summed E-state index contributed by atoms with van der Waals surface area (Å²) in [7, 11) is 0. The average Bonchev–Trinajstić information content (AvgIpc) is 3.66. The van der Waals surface area contributed by atoms with Crippen LogP contribution in [0.1, 0.15) is 56.1 Å². The fraction of sp³-hybridized carbons (Fsp3) is 0.393. The predicted octanol–water partition coefficient (Wildman–Crippen LogP) is 4.77. The number of halogens is 1. The zero-order valence-corrected chi connectivity index (χ0v) is 25.1. The van der Waals surface area contributed by atoms with Crippen LogP contribution in [0.25, 0.3) is 22.5 Å². The first kappa shape index (κ1) is 32.8. The van der Waals surface area contributed by atoms with E-state index in [0.717, 1.165) is 40.9 Å². The summed E-state index contributed by atoms with van der Waals surface area (Å²) >= 11 is 6.51. The number of H-pyrrole nitrogens is 1. The largest absolute Gasteiger partial charge is 0.459 e. The van der Waals surface area contributed by atoms with Gasteiger partial charge in [-0.3, -0.25) is 4.79 Å². The average molecular weight is 643 g/mol. The zero-order chi connectivity index (χ0) is 32.2. The fourth-order valence-electron chi connectivity index (χ4n) is 4.66. The summed E-state index contributed by atoms with van der Waals surface area (Å²) in [6.07, 6.45) is 1.33. The zero-order valence-electron chi connectivity index (χ0n) is 24.3. The second-order valence-electron chi connectivity index (χ2n) is 9.96. The van der Waals surface area contributed by atoms with Crippen molar-refractivity contribution in [1.82, 2.24) is 30.2 Å². The van der Waals surface area contributed by atoms with E-state index in [4.69, 9.17) is 16.3 Å². The standard InChI is InChI=1S/C28H31ClN8O8/c1-2-3-10-25-30-27(29)24(18-43-26(38)11-6-7-21(45-37(41)42)17-44-36(39)40)35(25)16-19-12-14-20(15-13-19)22-8-4-5-9-23(22)28-31-33-34-32-28/h4-5,8-9,12-15,21H,2-3,6-7,10-11,16-18H2,1H3,(H,31,32,33,34). The second kappa shape index (κ2) is 16.1. The lowest BCUT2D eigenvalue weighted by atomic mass is 9.98. The van der Waals surface area contributed by atoms with E-state index >= 15 is 0 Å². The maximum atomic E-state index is 12.5. The van der Waals surface area contributed by atoms with Gasteiger partial charge in [-0.25, -0.2) is 4.98 Å². The van der Waals surface area contributed by atoms with Gasteiger partial charge in [-0.15, -0.1) is 30.4 Å². The van der Waals surface area contributed by atoms with E-state index in [1.807, 2.05) is 53.1 Å². The Balaban J connectivity index is 1.43. The van der Waals surface area contributed by atoms with E-state index in [2.05, 4.69) is 42.2 Å². The molecular weight excluding hydrogens is 612 g/mol. The van der Waals surface area contributed by atoms with Crippen molar-refractivity contribution in [3.63, 3.8) is 0 Å². The van der Waals surface area contributed by atoms with Gasteiger partial charge in [-0.1, -0.05) is 73.5 Å². The number of esters is 1. The van der Waals surface area contributed by atoms with Crippen LogP contribution in [0, 0.1) is 20.2 Å². The number of aryl methyl sites for hydroxylation is 1. The van der Waals surface area contributed by atoms with Gasteiger partial charge in [0.05, 0.1) is 5.69 Å². The van der Waals surface area contributed by atoms with Crippen molar-refractivity contribution in [2.75, 3.05) is 6.61 Å². The van der Waals surface area contributed by atoms with Crippen LogP contribution in [0.15, 0.2) is 48.5 Å². The van der Waals surface area contributed by atoms with Gasteiger partial charge in [0.15, 0.2) is 5.15 Å². The number of carbonyl (C=O) groups excluding carboxylic acids is 1. The second-order valence-corrected chi connectivity index (χ2v) is 10.3. The molecule has 1 N–H and O–H groups in total. The van der Waals surface area contributed by atoms with Crippen molar-refractivity contribution in [2.45, 2.75) is 64.7 Å². The highest BCUT2D eigenvalue weighted by molar-refractivity contribution is 6.30. The van der Waals surface area contributed by atoms with Gasteiger partial charge >= 0.3 is 5.97 Å². The van der Waals surface area contributed by atoms with Crippen molar-refractivity contribution in [1.29, 1.82) is 0 Å². The molecule has 0 aliphatic carbocycles. The summed E-state index contributed by atoms with van der Waals surface area (Å²) in [4.78, 5) is 46.7. The molecule has 2 aromatic heterocycles. The lowest BCUT2D eigenvalue weighted by Gasteiger charge is -2.14. The molecule has 0 aliphatic rings. The third-order valence-corrected chi connectivity index (χ3v) is 7.16. The summed E-state index contributed by atoms with van der Waals surface area (Å²) in [6.45, 7) is 1.75. The quantitative estimate of drug-likeness (QED) is 0.0885. The Morgan fingerprint density at radius 1 is 1.07 bits per heavy atom. The van der Waals surface area contributed by atoms with Crippen LogP contribution in [0.3, 0.4) is 0 Å². The molecule has 0 spiro atoms. The number of aromatic amines is 1. The number of tetrazole rings is 1. The van der Waals surface area contributed by atoms with E-state index in [9.17, 15) is 25.0 Å². The maximum absolute atomic E-state index is 12.5. The molecule has 0 saturated carbocycles. The highest BCUT2D eigenvalue weighted by atomic mass is 35.5. The molecule has 2 heterocycles. The summed E-state index contributed by atoms with van der Waals surface area (Å²) in [5.41, 5.74) is 4.28. The van der Waals surface area contributed by atoms with Crippen LogP contribution in [-0.2, 0) is 38.8 Å². The molecule has 0 radical (unpaired) electrons. The molecule has 17 heteroatoms. The molecule has 16 nitrogen and oxygen atoms in total. The topological polar surface area (TPSA) is 203 Å². The number of hydrogen-bond donors (Lipinski definition) is 1. The summed E-state index contributed by atoms with van der Waals surface area (Å²) in [6, 6.07) is 15.8. The SMILES string of the molecule is CCCCc1nc(Cl)c(COC(=O)CCCC(CO[N+](=O)[O-])O[N+](=O)[O-])n1Cc1ccc(-c2ccccc2-c2nn[nH]n2)cc1. The molecule has 4 rings (SSSR count). The van der Waals surface area contributed by atoms with E-state index in [0.29, 0.717) is 24.5 Å². The van der Waals surface area contributed by atoms with Gasteiger partial charge < -0.3 is 19.0 Å². The highest BCUT2D eigenvalue weighted by Gasteiger charge is 2.20. The number of benzene rings is 2. The number of imidazole rings is 1. The molecule has 0 saturated heterocycles. The molecule has 0 fully saturated rings. The molecule has 238 valence electrons. The first-order valence-corrected chi connectivity index (χ1v) is 14.5. The number of carbonyl (C=O) groups is 1. The molecule has 1 unspecified atom stereocenters. The van der Waals surface area contributed by atoms with Crippen molar-refractivity contribution in [2.24, 2.45) is 0 Å². The van der Waals surface area contributed by atoms with Gasteiger partial charge in [0.2, 0.25) is 5.82 Å². The number of nitrogens with zero attached hydrogens (tertiary/aromatic N) is 7. The van der Waals surface area contributed by atoms with Gasteiger partial charge in [0, 0.05) is 24.9 Å². The van der Waals surface area contributed by atoms with E-state index in [1.165, 1.54) is 0 Å². The predicted molar refractivity (Wildman–Crippen MR) is 158 cm³/mol. The molecular formula is C28H31ClN8O8. The lowest BCUT2D eigenvalue weighted by Crippen LogP contribution is -2.25. The Hall–Kier alpha value is -5.12. The number of hydrogen-bond acceptors (Lipinski definition) is 12. The Labute approximate surface area is 261 Å². The van der Waals surface area contributed by atoms with Crippen LogP contribution in [-0.4, -0.2) is 59.0 Å². The van der Waals surface area contributed by atoms with Crippen LogP contribution >= 0.6 is 11.6 Å². The summed E-state index contributed by atoms with van der Waals surface area (Å²) in [5.74, 6) is 0.689. The van der Waals surface area contributed by atoms with Crippen LogP contribution < -0.4 is 0 Å². The van der Waals surface area contributed by atoms with E-state index in [1.54, 1.807) is 0 Å². The molecule has 2 aromatic carbocycles. The van der Waals surface area contributed by atoms with E-state index in [-0.39, 0.29) is 31.0 Å².